The van der Waals surface area contributed by atoms with E-state index in [0.29, 0.717) is 0 Å². The Bertz CT molecular complexity index is 646. The SMILES string of the molecule is CC(C)(C)c1ccc(C(C#N)NC(=O)C2CC23CCOCC3)cc1. The maximum atomic E-state index is 12.5. The van der Waals surface area contributed by atoms with Gasteiger partial charge in [0.2, 0.25) is 5.91 Å². The average Bonchev–Trinajstić information content (AvgIpc) is 3.25. The highest BCUT2D eigenvalue weighted by atomic mass is 16.5. The molecule has 1 aliphatic heterocycles. The second-order valence-electron chi connectivity index (χ2n) is 8.17. The van der Waals surface area contributed by atoms with Gasteiger partial charge >= 0.3 is 0 Å². The van der Waals surface area contributed by atoms with Crippen LogP contribution in [-0.4, -0.2) is 19.1 Å². The van der Waals surface area contributed by atoms with Crippen molar-refractivity contribution in [2.45, 2.75) is 51.5 Å². The van der Waals surface area contributed by atoms with Crippen LogP contribution in [0.15, 0.2) is 24.3 Å². The molecule has 0 bridgehead atoms. The molecule has 4 heteroatoms. The molecule has 1 spiro atoms. The molecule has 2 unspecified atom stereocenters. The van der Waals surface area contributed by atoms with Gasteiger partial charge in [0, 0.05) is 19.1 Å². The standard InChI is InChI=1S/C20H26N2O2/c1-19(2,3)15-6-4-14(5-7-15)17(13-21)22-18(23)16-12-20(16)8-10-24-11-9-20/h4-7,16-17H,8-12H2,1-3H3,(H,22,23). The Labute approximate surface area is 144 Å². The first kappa shape index (κ1) is 17.0. The smallest absolute Gasteiger partial charge is 0.224 e. The predicted molar refractivity (Wildman–Crippen MR) is 92.2 cm³/mol. The Balaban J connectivity index is 1.65. The fourth-order valence-electron chi connectivity index (χ4n) is 3.66. The van der Waals surface area contributed by atoms with Crippen LogP contribution in [0.2, 0.25) is 0 Å². The summed E-state index contributed by atoms with van der Waals surface area (Å²) in [4.78, 5) is 12.5. The van der Waals surface area contributed by atoms with E-state index in [0.717, 1.165) is 38.0 Å². The number of carbonyl (C=O) groups is 1. The second-order valence-corrected chi connectivity index (χ2v) is 8.17. The first-order valence-corrected chi connectivity index (χ1v) is 8.74. The van der Waals surface area contributed by atoms with Gasteiger partial charge in [0.1, 0.15) is 6.04 Å². The van der Waals surface area contributed by atoms with Gasteiger partial charge in [-0.2, -0.15) is 5.26 Å². The molecule has 1 saturated heterocycles. The molecular formula is C20H26N2O2. The lowest BCUT2D eigenvalue weighted by atomic mass is 9.86. The molecule has 128 valence electrons. The van der Waals surface area contributed by atoms with Gasteiger partial charge in [0.15, 0.2) is 0 Å². The van der Waals surface area contributed by atoms with E-state index in [9.17, 15) is 10.1 Å². The largest absolute Gasteiger partial charge is 0.381 e. The lowest BCUT2D eigenvalue weighted by Crippen LogP contribution is -2.32. The number of hydrogen-bond acceptors (Lipinski definition) is 3. The molecule has 0 aromatic heterocycles. The predicted octanol–water partition coefficient (Wildman–Crippen LogP) is 3.48. The van der Waals surface area contributed by atoms with Crippen molar-refractivity contribution in [3.05, 3.63) is 35.4 Å². The number of amides is 1. The van der Waals surface area contributed by atoms with E-state index in [2.05, 4.69) is 32.2 Å². The van der Waals surface area contributed by atoms with Crippen LogP contribution in [0.1, 0.15) is 57.2 Å². The molecule has 1 aromatic carbocycles. The first-order chi connectivity index (χ1) is 11.4. The lowest BCUT2D eigenvalue weighted by Gasteiger charge is -2.23. The Kier molecular flexibility index (Phi) is 4.40. The van der Waals surface area contributed by atoms with Crippen molar-refractivity contribution in [2.75, 3.05) is 13.2 Å². The number of hydrogen-bond donors (Lipinski definition) is 1. The van der Waals surface area contributed by atoms with Gasteiger partial charge in [-0.25, -0.2) is 0 Å². The van der Waals surface area contributed by atoms with Crippen LogP contribution < -0.4 is 5.32 Å². The molecule has 2 aliphatic rings. The number of ether oxygens (including phenoxy) is 1. The maximum Gasteiger partial charge on any atom is 0.224 e. The summed E-state index contributed by atoms with van der Waals surface area (Å²) in [7, 11) is 0. The van der Waals surface area contributed by atoms with Crippen LogP contribution in [0.3, 0.4) is 0 Å². The minimum absolute atomic E-state index is 0.0170. The Morgan fingerprint density at radius 2 is 1.92 bits per heavy atom. The molecule has 1 heterocycles. The summed E-state index contributed by atoms with van der Waals surface area (Å²) >= 11 is 0. The molecule has 1 amide bonds. The Hall–Kier alpha value is -1.86. The number of nitrogens with one attached hydrogen (secondary N) is 1. The number of nitrogens with zero attached hydrogens (tertiary/aromatic N) is 1. The van der Waals surface area contributed by atoms with Crippen molar-refractivity contribution >= 4 is 5.91 Å². The van der Waals surface area contributed by atoms with Gasteiger partial charge in [-0.1, -0.05) is 45.0 Å². The van der Waals surface area contributed by atoms with Crippen LogP contribution in [-0.2, 0) is 14.9 Å². The summed E-state index contributed by atoms with van der Waals surface area (Å²) in [6.07, 6.45) is 2.86. The second kappa shape index (κ2) is 6.22. The topological polar surface area (TPSA) is 62.1 Å². The minimum Gasteiger partial charge on any atom is -0.381 e. The van der Waals surface area contributed by atoms with E-state index in [4.69, 9.17) is 4.74 Å². The molecular weight excluding hydrogens is 300 g/mol. The average molecular weight is 326 g/mol. The zero-order chi connectivity index (χ0) is 17.4. The third kappa shape index (κ3) is 3.32. The van der Waals surface area contributed by atoms with E-state index >= 15 is 0 Å². The monoisotopic (exact) mass is 326 g/mol. The van der Waals surface area contributed by atoms with E-state index < -0.39 is 6.04 Å². The zero-order valence-corrected chi connectivity index (χ0v) is 14.8. The summed E-state index contributed by atoms with van der Waals surface area (Å²) in [5.41, 5.74) is 2.28. The maximum absolute atomic E-state index is 12.5. The normalized spacial score (nSPS) is 23.3. The number of nitriles is 1. The van der Waals surface area contributed by atoms with E-state index in [1.165, 1.54) is 5.56 Å². The zero-order valence-electron chi connectivity index (χ0n) is 14.8. The van der Waals surface area contributed by atoms with Gasteiger partial charge in [-0.15, -0.1) is 0 Å². The molecule has 1 aliphatic carbocycles. The molecule has 2 atom stereocenters. The van der Waals surface area contributed by atoms with E-state index in [1.54, 1.807) is 0 Å². The molecule has 4 nitrogen and oxygen atoms in total. The Morgan fingerprint density at radius 1 is 1.29 bits per heavy atom. The number of benzene rings is 1. The molecule has 0 radical (unpaired) electrons. The fraction of sp³-hybridized carbons (Fsp3) is 0.600. The van der Waals surface area contributed by atoms with Crippen molar-refractivity contribution in [1.29, 1.82) is 5.26 Å². The molecule has 3 rings (SSSR count). The number of carbonyl (C=O) groups excluding carboxylic acids is 1. The highest BCUT2D eigenvalue weighted by Crippen LogP contribution is 2.59. The van der Waals surface area contributed by atoms with Crippen LogP contribution in [0.4, 0.5) is 0 Å². The van der Waals surface area contributed by atoms with Crippen molar-refractivity contribution in [3.63, 3.8) is 0 Å². The third-order valence-electron chi connectivity index (χ3n) is 5.52. The summed E-state index contributed by atoms with van der Waals surface area (Å²) in [6.45, 7) is 7.98. The van der Waals surface area contributed by atoms with Crippen molar-refractivity contribution in [3.8, 4) is 6.07 Å². The van der Waals surface area contributed by atoms with Gasteiger partial charge in [-0.05, 0) is 41.2 Å². The summed E-state index contributed by atoms with van der Waals surface area (Å²) in [5.74, 6) is 0.0643. The molecule has 2 fully saturated rings. The van der Waals surface area contributed by atoms with Crippen LogP contribution in [0.25, 0.3) is 0 Å². The van der Waals surface area contributed by atoms with Crippen LogP contribution in [0, 0.1) is 22.7 Å². The van der Waals surface area contributed by atoms with Gasteiger partial charge < -0.3 is 10.1 Å². The third-order valence-corrected chi connectivity index (χ3v) is 5.52. The van der Waals surface area contributed by atoms with Crippen LogP contribution >= 0.6 is 0 Å². The minimum atomic E-state index is -0.580. The summed E-state index contributed by atoms with van der Waals surface area (Å²) in [6, 6.07) is 9.63. The highest BCUT2D eigenvalue weighted by molar-refractivity contribution is 5.83. The fourth-order valence-corrected chi connectivity index (χ4v) is 3.66. The van der Waals surface area contributed by atoms with Gasteiger partial charge in [0.05, 0.1) is 6.07 Å². The lowest BCUT2D eigenvalue weighted by molar-refractivity contribution is -0.124. The summed E-state index contributed by atoms with van der Waals surface area (Å²) in [5, 5.41) is 12.4. The Morgan fingerprint density at radius 3 is 2.46 bits per heavy atom. The van der Waals surface area contributed by atoms with Gasteiger partial charge in [-0.3, -0.25) is 4.79 Å². The van der Waals surface area contributed by atoms with E-state index in [1.807, 2.05) is 24.3 Å². The summed E-state index contributed by atoms with van der Waals surface area (Å²) < 4.78 is 5.40. The van der Waals surface area contributed by atoms with Crippen molar-refractivity contribution in [2.24, 2.45) is 11.3 Å². The van der Waals surface area contributed by atoms with Crippen LogP contribution in [0.5, 0.6) is 0 Å². The van der Waals surface area contributed by atoms with Crippen molar-refractivity contribution in [1.82, 2.24) is 5.32 Å². The molecule has 24 heavy (non-hydrogen) atoms. The molecule has 1 saturated carbocycles. The van der Waals surface area contributed by atoms with Crippen molar-refractivity contribution < 1.29 is 9.53 Å². The van der Waals surface area contributed by atoms with E-state index in [-0.39, 0.29) is 22.7 Å². The number of rotatable bonds is 3. The molecule has 1 aromatic rings. The first-order valence-electron chi connectivity index (χ1n) is 8.74. The quantitative estimate of drug-likeness (QED) is 0.925. The highest BCUT2D eigenvalue weighted by Gasteiger charge is 2.58. The van der Waals surface area contributed by atoms with Gasteiger partial charge in [0.25, 0.3) is 0 Å². The molecule has 1 N–H and O–H groups in total.